The molecule has 13 nitrogen and oxygen atoms in total. The molecule has 0 aromatic carbocycles. The molecule has 0 saturated carbocycles. The summed E-state index contributed by atoms with van der Waals surface area (Å²) in [5, 5.41) is 2.42. The number of hydrogen-bond donors (Lipinski definition) is 2. The van der Waals surface area contributed by atoms with E-state index in [1.807, 2.05) is 0 Å². The van der Waals surface area contributed by atoms with Crippen molar-refractivity contribution in [2.45, 2.75) is 58.1 Å². The summed E-state index contributed by atoms with van der Waals surface area (Å²) in [6.07, 6.45) is 4.99. The normalized spacial score (nSPS) is 23.9. The molecule has 2 N–H and O–H groups in total. The number of H-pyrrole nitrogens is 1. The van der Waals surface area contributed by atoms with Crippen LogP contribution in [0.5, 0.6) is 0 Å². The third-order valence-corrected chi connectivity index (χ3v) is 6.23. The van der Waals surface area contributed by atoms with Crippen molar-refractivity contribution in [1.82, 2.24) is 14.9 Å². The number of methoxy groups -OCH3 is 1. The summed E-state index contributed by atoms with van der Waals surface area (Å²) in [5.74, 6) is 1.71. The van der Waals surface area contributed by atoms with Gasteiger partial charge < -0.3 is 24.3 Å². The van der Waals surface area contributed by atoms with Gasteiger partial charge in [0.25, 0.3) is 5.56 Å². The predicted octanol–water partition coefficient (Wildman–Crippen LogP) is 1.39. The number of amides is 1. The van der Waals surface area contributed by atoms with Crippen molar-refractivity contribution in [3.63, 3.8) is 0 Å². The van der Waals surface area contributed by atoms with Crippen LogP contribution in [-0.2, 0) is 32.8 Å². The summed E-state index contributed by atoms with van der Waals surface area (Å²) in [5.41, 5.74) is -2.27. The molecule has 1 saturated heterocycles. The van der Waals surface area contributed by atoms with Crippen LogP contribution in [0.3, 0.4) is 0 Å². The Morgan fingerprint density at radius 3 is 2.68 bits per heavy atom. The molecule has 2 heterocycles. The van der Waals surface area contributed by atoms with Gasteiger partial charge in [-0.15, -0.1) is 6.42 Å². The highest BCUT2D eigenvalue weighted by molar-refractivity contribution is 7.17. The van der Waals surface area contributed by atoms with Gasteiger partial charge in [-0.3, -0.25) is 18.9 Å². The van der Waals surface area contributed by atoms with E-state index in [4.69, 9.17) is 25.2 Å². The van der Waals surface area contributed by atoms with E-state index in [1.54, 1.807) is 20.8 Å². The maximum absolute atomic E-state index is 12.4. The van der Waals surface area contributed by atoms with E-state index in [1.165, 1.54) is 23.9 Å². The van der Waals surface area contributed by atoms with Gasteiger partial charge in [-0.25, -0.2) is 18.9 Å². The molecule has 5 atom stereocenters. The Morgan fingerprint density at radius 2 is 2.08 bits per heavy atom. The first-order valence-electron chi connectivity index (χ1n) is 11.6. The fraction of sp³-hybridized carbons (Fsp3) is 0.652. The van der Waals surface area contributed by atoms with Crippen molar-refractivity contribution in [1.29, 1.82) is 0 Å². The maximum atomic E-state index is 12.4. The van der Waals surface area contributed by atoms with Crippen LogP contribution < -0.4 is 16.6 Å². The highest BCUT2D eigenvalue weighted by Gasteiger charge is 2.53. The minimum Gasteiger partial charge on any atom is -0.461 e. The maximum Gasteiger partial charge on any atom is 0.407 e. The highest BCUT2D eigenvalue weighted by Crippen LogP contribution is 2.50. The summed E-state index contributed by atoms with van der Waals surface area (Å²) in [6, 6.07) is 0.220. The van der Waals surface area contributed by atoms with Gasteiger partial charge in [-0.1, -0.05) is 5.92 Å². The van der Waals surface area contributed by atoms with Gasteiger partial charge in [-0.05, 0) is 27.2 Å². The minimum atomic E-state index is -1.02. The molecule has 1 aromatic heterocycles. The fourth-order valence-electron chi connectivity index (χ4n) is 4.14. The smallest absolute Gasteiger partial charge is 0.407 e. The molecule has 0 unspecified atom stereocenters. The number of terminal acetylenes is 1. The van der Waals surface area contributed by atoms with Gasteiger partial charge in [0.1, 0.15) is 6.04 Å². The molecule has 1 aliphatic heterocycles. The van der Waals surface area contributed by atoms with Crippen molar-refractivity contribution < 1.29 is 37.6 Å². The van der Waals surface area contributed by atoms with Crippen LogP contribution in [0.1, 0.15) is 39.8 Å². The number of hydrogen-bond acceptors (Lipinski definition) is 10. The molecule has 0 radical (unpaired) electrons. The van der Waals surface area contributed by atoms with E-state index < -0.39 is 61.7 Å². The molecule has 0 aliphatic carbocycles. The summed E-state index contributed by atoms with van der Waals surface area (Å²) < 4.78 is 38.6. The molecule has 204 valence electrons. The minimum absolute atomic E-state index is 0.0617. The zero-order valence-corrected chi connectivity index (χ0v) is 22.0. The molecule has 1 fully saturated rings. The molecule has 1 aromatic rings. The number of alkyl carbamates (subject to hydrolysis) is 1. The number of ether oxygens (including phenoxy) is 4. The summed E-state index contributed by atoms with van der Waals surface area (Å²) in [4.78, 5) is 50.0. The lowest BCUT2D eigenvalue weighted by molar-refractivity contribution is -0.150. The zero-order chi connectivity index (χ0) is 27.6. The fourth-order valence-corrected chi connectivity index (χ4v) is 4.35. The Kier molecular flexibility index (Phi) is 11.5. The quantitative estimate of drug-likeness (QED) is 0.161. The van der Waals surface area contributed by atoms with E-state index >= 15 is 0 Å². The average Bonchev–Trinajstić information content (AvgIpc) is 3.12. The Hall–Kier alpha value is -3.04. The number of aromatic amines is 1. The van der Waals surface area contributed by atoms with Crippen molar-refractivity contribution >= 4 is 20.7 Å². The number of carbonyl (C=O) groups is 2. The molecular weight excluding hydrogens is 509 g/mol. The van der Waals surface area contributed by atoms with Gasteiger partial charge in [-0.2, -0.15) is 0 Å². The van der Waals surface area contributed by atoms with Crippen LogP contribution in [0.2, 0.25) is 0 Å². The molecule has 1 aliphatic rings. The van der Waals surface area contributed by atoms with E-state index in [-0.39, 0.29) is 32.3 Å². The van der Waals surface area contributed by atoms with Crippen LogP contribution in [0.25, 0.3) is 0 Å². The van der Waals surface area contributed by atoms with Gasteiger partial charge in [0.05, 0.1) is 31.3 Å². The Bertz CT molecular complexity index is 1100. The Morgan fingerprint density at radius 1 is 1.35 bits per heavy atom. The van der Waals surface area contributed by atoms with Gasteiger partial charge in [0.2, 0.25) is 0 Å². The van der Waals surface area contributed by atoms with Crippen LogP contribution >= 0.6 is 8.69 Å². The van der Waals surface area contributed by atoms with E-state index in [0.29, 0.717) is 6.42 Å². The number of nitrogens with zero attached hydrogens (tertiary/aromatic N) is 1. The largest absolute Gasteiger partial charge is 0.461 e. The molecule has 37 heavy (non-hydrogen) atoms. The van der Waals surface area contributed by atoms with Gasteiger partial charge in [0, 0.05) is 37.8 Å². The predicted molar refractivity (Wildman–Crippen MR) is 130 cm³/mol. The summed E-state index contributed by atoms with van der Waals surface area (Å²) in [7, 11) is 0.643. The van der Waals surface area contributed by atoms with Crippen molar-refractivity contribution in [2.75, 3.05) is 26.9 Å². The number of aromatic nitrogens is 2. The SMILES string of the molecule is C#C[C@]1(C)[C@H](CCOCC[C@H](NC(=O)OC)C(=O)OC(C)C)[C@@H](COP=O)O[C@H]1n1ccc(=O)[nH]c1=O. The Balaban J connectivity index is 2.09. The molecule has 2 rings (SSSR count). The first kappa shape index (κ1) is 30.2. The number of rotatable bonds is 13. The standard InChI is InChI=1S/C23H32N3O10P/c1-6-23(4)15(8-11-33-12-9-16(24-22(30)32-5)19(28)35-14(2)3)17(13-34-37-31)36-20(23)26-10-7-18(27)25-21(26)29/h1,7,10,14-17,20H,8-9,11-13H2,2-5H3,(H,24,30)(H,25,27,29)/t15-,16+,17-,20-,23-/m1/s1. The van der Waals surface area contributed by atoms with Crippen molar-refractivity contribution in [3.05, 3.63) is 33.1 Å². The topological polar surface area (TPSA) is 164 Å². The van der Waals surface area contributed by atoms with Crippen molar-refractivity contribution in [3.8, 4) is 12.3 Å². The second-order valence-corrected chi connectivity index (χ2v) is 9.22. The van der Waals surface area contributed by atoms with E-state index in [9.17, 15) is 23.7 Å². The van der Waals surface area contributed by atoms with Crippen LogP contribution in [0.4, 0.5) is 4.79 Å². The second kappa shape index (κ2) is 14.0. The van der Waals surface area contributed by atoms with Crippen LogP contribution in [-0.4, -0.2) is 66.8 Å². The Labute approximate surface area is 215 Å². The lowest BCUT2D eigenvalue weighted by Crippen LogP contribution is -2.43. The zero-order valence-electron chi connectivity index (χ0n) is 21.1. The second-order valence-electron chi connectivity index (χ2n) is 8.81. The monoisotopic (exact) mass is 541 g/mol. The lowest BCUT2D eigenvalue weighted by Gasteiger charge is -2.31. The number of carbonyl (C=O) groups excluding carboxylic acids is 2. The highest BCUT2D eigenvalue weighted by atomic mass is 31.1. The first-order chi connectivity index (χ1) is 17.6. The average molecular weight is 541 g/mol. The summed E-state index contributed by atoms with van der Waals surface area (Å²) in [6.45, 7) is 5.35. The van der Waals surface area contributed by atoms with Gasteiger partial charge >= 0.3 is 26.4 Å². The lowest BCUT2D eigenvalue weighted by atomic mass is 9.74. The molecule has 0 spiro atoms. The van der Waals surface area contributed by atoms with Crippen LogP contribution in [0.15, 0.2) is 21.9 Å². The third kappa shape index (κ3) is 7.97. The molecular formula is C23H32N3O10P. The molecule has 14 heteroatoms. The van der Waals surface area contributed by atoms with Crippen LogP contribution in [0, 0.1) is 23.7 Å². The first-order valence-corrected chi connectivity index (χ1v) is 12.3. The number of esters is 1. The van der Waals surface area contributed by atoms with E-state index in [0.717, 1.165) is 0 Å². The third-order valence-electron chi connectivity index (χ3n) is 5.98. The van der Waals surface area contributed by atoms with E-state index in [2.05, 4.69) is 21.0 Å². The summed E-state index contributed by atoms with van der Waals surface area (Å²) >= 11 is 0. The number of nitrogens with one attached hydrogen (secondary N) is 2. The molecule has 1 amide bonds. The van der Waals surface area contributed by atoms with Gasteiger partial charge in [0.15, 0.2) is 6.23 Å². The van der Waals surface area contributed by atoms with Crippen molar-refractivity contribution in [2.24, 2.45) is 11.3 Å². The molecule has 0 bridgehead atoms.